The monoisotopic (exact) mass is 226 g/mol. The summed E-state index contributed by atoms with van der Waals surface area (Å²) in [7, 11) is 0. The van der Waals surface area contributed by atoms with Crippen LogP contribution in [0.1, 0.15) is 18.6 Å². The lowest BCUT2D eigenvalue weighted by Gasteiger charge is -2.16. The molecule has 1 atom stereocenters. The predicted molar refractivity (Wildman–Crippen MR) is 66.9 cm³/mol. The van der Waals surface area contributed by atoms with E-state index in [1.54, 1.807) is 6.92 Å². The highest BCUT2D eigenvalue weighted by atomic mass is 16.5. The molecule has 2 aromatic rings. The largest absolute Gasteiger partial charge is 0.478 e. The first kappa shape index (κ1) is 11.4. The molecule has 0 radical (unpaired) electrons. The molecule has 2 aromatic carbocycles. The van der Waals surface area contributed by atoms with Gasteiger partial charge in [0, 0.05) is 0 Å². The van der Waals surface area contributed by atoms with Gasteiger partial charge in [0.15, 0.2) is 11.9 Å². The molecule has 0 bridgehead atoms. The number of hydrogen-bond donors (Lipinski definition) is 0. The lowest BCUT2D eigenvalue weighted by molar-refractivity contribution is -0.123. The summed E-state index contributed by atoms with van der Waals surface area (Å²) in [5.74, 6) is 0.705. The van der Waals surface area contributed by atoms with Crippen molar-refractivity contribution in [2.24, 2.45) is 0 Å². The van der Waals surface area contributed by atoms with Gasteiger partial charge >= 0.3 is 0 Å². The van der Waals surface area contributed by atoms with E-state index in [1.807, 2.05) is 60.7 Å². The molecule has 0 spiro atoms. The van der Waals surface area contributed by atoms with Crippen molar-refractivity contribution < 1.29 is 9.53 Å². The number of ether oxygens (including phenoxy) is 1. The van der Waals surface area contributed by atoms with E-state index in [9.17, 15) is 4.79 Å². The van der Waals surface area contributed by atoms with Crippen molar-refractivity contribution in [3.8, 4) is 5.75 Å². The lowest BCUT2D eigenvalue weighted by Crippen LogP contribution is -2.15. The Morgan fingerprint density at radius 3 is 2.00 bits per heavy atom. The molecule has 0 saturated carbocycles. The molecule has 0 amide bonds. The highest BCUT2D eigenvalue weighted by Crippen LogP contribution is 2.22. The van der Waals surface area contributed by atoms with Crippen molar-refractivity contribution in [2.45, 2.75) is 13.0 Å². The maximum Gasteiger partial charge on any atom is 0.181 e. The average molecular weight is 226 g/mol. The maximum absolute atomic E-state index is 11.6. The first-order chi connectivity index (χ1) is 8.27. The van der Waals surface area contributed by atoms with Crippen LogP contribution in [0.2, 0.25) is 0 Å². The molecule has 0 N–H and O–H groups in total. The Morgan fingerprint density at radius 2 is 1.47 bits per heavy atom. The van der Waals surface area contributed by atoms with E-state index in [2.05, 4.69) is 0 Å². The molecule has 1 unspecified atom stereocenters. The number of Topliss-reactive ketones (excluding diaryl/α,β-unsaturated/α-hetero) is 1. The Morgan fingerprint density at radius 1 is 0.941 bits per heavy atom. The highest BCUT2D eigenvalue weighted by Gasteiger charge is 2.17. The number of benzene rings is 2. The van der Waals surface area contributed by atoms with Gasteiger partial charge in [0.1, 0.15) is 5.75 Å². The molecular weight excluding hydrogens is 212 g/mol. The number of hydrogen-bond acceptors (Lipinski definition) is 2. The van der Waals surface area contributed by atoms with Crippen LogP contribution in [0.15, 0.2) is 60.7 Å². The molecular formula is C15H14O2. The van der Waals surface area contributed by atoms with Gasteiger partial charge in [-0.2, -0.15) is 0 Å². The van der Waals surface area contributed by atoms with Gasteiger partial charge in [0.05, 0.1) is 0 Å². The molecule has 0 heterocycles. The Balaban J connectivity index is 2.23. The normalized spacial score (nSPS) is 11.8. The average Bonchev–Trinajstić information content (AvgIpc) is 2.38. The summed E-state index contributed by atoms with van der Waals surface area (Å²) >= 11 is 0. The summed E-state index contributed by atoms with van der Waals surface area (Å²) in [4.78, 5) is 11.6. The second-order valence-electron chi connectivity index (χ2n) is 3.83. The van der Waals surface area contributed by atoms with Crippen molar-refractivity contribution in [1.29, 1.82) is 0 Å². The van der Waals surface area contributed by atoms with Gasteiger partial charge in [-0.25, -0.2) is 0 Å². The van der Waals surface area contributed by atoms with E-state index in [1.165, 1.54) is 0 Å². The molecule has 0 aliphatic rings. The van der Waals surface area contributed by atoms with Crippen LogP contribution in [0.5, 0.6) is 5.75 Å². The highest BCUT2D eigenvalue weighted by molar-refractivity contribution is 5.82. The van der Waals surface area contributed by atoms with E-state index < -0.39 is 6.10 Å². The van der Waals surface area contributed by atoms with E-state index in [0.717, 1.165) is 5.56 Å². The van der Waals surface area contributed by atoms with Gasteiger partial charge in [-0.3, -0.25) is 4.79 Å². The number of rotatable bonds is 4. The third-order valence-electron chi connectivity index (χ3n) is 2.47. The zero-order chi connectivity index (χ0) is 12.1. The van der Waals surface area contributed by atoms with Crippen LogP contribution in [0, 0.1) is 0 Å². The van der Waals surface area contributed by atoms with Gasteiger partial charge < -0.3 is 4.74 Å². The minimum Gasteiger partial charge on any atom is -0.478 e. The molecule has 86 valence electrons. The van der Waals surface area contributed by atoms with Gasteiger partial charge in [0.25, 0.3) is 0 Å². The van der Waals surface area contributed by atoms with Crippen molar-refractivity contribution >= 4 is 5.78 Å². The molecule has 2 heteroatoms. The molecule has 0 fully saturated rings. The molecule has 0 aliphatic heterocycles. The number of carbonyl (C=O) groups excluding carboxylic acids is 1. The van der Waals surface area contributed by atoms with Crippen molar-refractivity contribution in [3.05, 3.63) is 66.2 Å². The van der Waals surface area contributed by atoms with Crippen LogP contribution in [0.25, 0.3) is 0 Å². The Kier molecular flexibility index (Phi) is 3.55. The maximum atomic E-state index is 11.6. The summed E-state index contributed by atoms with van der Waals surface area (Å²) in [6.07, 6.45) is -0.529. The fourth-order valence-corrected chi connectivity index (χ4v) is 1.65. The van der Waals surface area contributed by atoms with E-state index >= 15 is 0 Å². The van der Waals surface area contributed by atoms with Gasteiger partial charge in [-0.15, -0.1) is 0 Å². The quantitative estimate of drug-likeness (QED) is 0.798. The van der Waals surface area contributed by atoms with Crippen LogP contribution >= 0.6 is 0 Å². The summed E-state index contributed by atoms with van der Waals surface area (Å²) in [5, 5.41) is 0. The second-order valence-corrected chi connectivity index (χ2v) is 3.83. The Labute approximate surface area is 101 Å². The molecule has 2 rings (SSSR count). The SMILES string of the molecule is CC(=O)C(Oc1ccccc1)c1ccccc1. The van der Waals surface area contributed by atoms with Crippen LogP contribution in [-0.2, 0) is 4.79 Å². The first-order valence-corrected chi connectivity index (χ1v) is 5.54. The van der Waals surface area contributed by atoms with Crippen LogP contribution in [0.4, 0.5) is 0 Å². The molecule has 2 nitrogen and oxygen atoms in total. The van der Waals surface area contributed by atoms with E-state index in [-0.39, 0.29) is 5.78 Å². The zero-order valence-electron chi connectivity index (χ0n) is 9.67. The van der Waals surface area contributed by atoms with Crippen LogP contribution in [-0.4, -0.2) is 5.78 Å². The molecule has 0 aliphatic carbocycles. The third kappa shape index (κ3) is 2.94. The number of carbonyl (C=O) groups is 1. The fraction of sp³-hybridized carbons (Fsp3) is 0.133. The Hall–Kier alpha value is -2.09. The van der Waals surface area contributed by atoms with E-state index in [4.69, 9.17) is 4.74 Å². The minimum atomic E-state index is -0.529. The number of para-hydroxylation sites is 1. The molecule has 0 saturated heterocycles. The second kappa shape index (κ2) is 5.30. The topological polar surface area (TPSA) is 26.3 Å². The standard InChI is InChI=1S/C15H14O2/c1-12(16)15(13-8-4-2-5-9-13)17-14-10-6-3-7-11-14/h2-11,15H,1H3. The lowest BCUT2D eigenvalue weighted by atomic mass is 10.1. The summed E-state index contributed by atoms with van der Waals surface area (Å²) in [6, 6.07) is 18.9. The summed E-state index contributed by atoms with van der Waals surface area (Å²) in [6.45, 7) is 1.54. The molecule has 17 heavy (non-hydrogen) atoms. The minimum absolute atomic E-state index is 0.0000491. The van der Waals surface area contributed by atoms with Crippen LogP contribution < -0.4 is 4.74 Å². The van der Waals surface area contributed by atoms with E-state index in [0.29, 0.717) is 5.75 Å². The van der Waals surface area contributed by atoms with Crippen molar-refractivity contribution in [1.82, 2.24) is 0 Å². The fourth-order valence-electron chi connectivity index (χ4n) is 1.65. The summed E-state index contributed by atoms with van der Waals surface area (Å²) < 4.78 is 5.71. The van der Waals surface area contributed by atoms with Crippen molar-refractivity contribution in [3.63, 3.8) is 0 Å². The smallest absolute Gasteiger partial charge is 0.181 e. The van der Waals surface area contributed by atoms with Gasteiger partial charge in [-0.05, 0) is 24.6 Å². The molecule has 0 aromatic heterocycles. The van der Waals surface area contributed by atoms with Gasteiger partial charge in [0.2, 0.25) is 0 Å². The number of ketones is 1. The van der Waals surface area contributed by atoms with Gasteiger partial charge in [-0.1, -0.05) is 48.5 Å². The zero-order valence-corrected chi connectivity index (χ0v) is 9.67. The summed E-state index contributed by atoms with van der Waals surface area (Å²) in [5.41, 5.74) is 0.879. The third-order valence-corrected chi connectivity index (χ3v) is 2.47. The van der Waals surface area contributed by atoms with Crippen molar-refractivity contribution in [2.75, 3.05) is 0 Å². The Bertz CT molecular complexity index is 477. The van der Waals surface area contributed by atoms with Crippen LogP contribution in [0.3, 0.4) is 0 Å². The first-order valence-electron chi connectivity index (χ1n) is 5.54. The predicted octanol–water partition coefficient (Wildman–Crippen LogP) is 3.40.